The Bertz CT molecular complexity index is 409. The van der Waals surface area contributed by atoms with Crippen molar-refractivity contribution >= 4 is 11.6 Å². The first-order valence-electron chi connectivity index (χ1n) is 5.97. The van der Waals surface area contributed by atoms with Crippen LogP contribution in [0.25, 0.3) is 0 Å². The Balaban J connectivity index is 2.06. The lowest BCUT2D eigenvalue weighted by Crippen LogP contribution is -2.23. The van der Waals surface area contributed by atoms with E-state index in [1.807, 2.05) is 0 Å². The zero-order valence-corrected chi connectivity index (χ0v) is 10.8. The second-order valence-electron chi connectivity index (χ2n) is 4.82. The zero-order valence-electron chi connectivity index (χ0n) is 10.0. The molecular formula is C13H18ClFN2. The van der Waals surface area contributed by atoms with Crippen LogP contribution in [0.5, 0.6) is 0 Å². The van der Waals surface area contributed by atoms with Crippen LogP contribution in [0.3, 0.4) is 0 Å². The van der Waals surface area contributed by atoms with E-state index in [0.29, 0.717) is 23.0 Å². The Morgan fingerprint density at radius 3 is 2.94 bits per heavy atom. The van der Waals surface area contributed by atoms with Gasteiger partial charge in [0.15, 0.2) is 0 Å². The van der Waals surface area contributed by atoms with E-state index in [4.69, 9.17) is 17.3 Å². The molecule has 0 aliphatic carbocycles. The standard InChI is InChI=1S/C13H18ClFN2/c1-9-4-12(14)11(5-13(9)15)8-17-3-2-10(6-16)7-17/h4-5,10H,2-3,6-8,16H2,1H3. The van der Waals surface area contributed by atoms with Crippen molar-refractivity contribution in [1.29, 1.82) is 0 Å². The summed E-state index contributed by atoms with van der Waals surface area (Å²) in [5, 5.41) is 0.653. The lowest BCUT2D eigenvalue weighted by molar-refractivity contribution is 0.317. The van der Waals surface area contributed by atoms with Crippen LogP contribution >= 0.6 is 11.6 Å². The van der Waals surface area contributed by atoms with Gasteiger partial charge in [0.1, 0.15) is 5.82 Å². The SMILES string of the molecule is Cc1cc(Cl)c(CN2CCC(CN)C2)cc1F. The van der Waals surface area contributed by atoms with E-state index >= 15 is 0 Å². The molecular weight excluding hydrogens is 239 g/mol. The summed E-state index contributed by atoms with van der Waals surface area (Å²) in [6.45, 7) is 5.18. The summed E-state index contributed by atoms with van der Waals surface area (Å²) in [6.07, 6.45) is 1.13. The van der Waals surface area contributed by atoms with Crippen molar-refractivity contribution in [2.24, 2.45) is 11.7 Å². The van der Waals surface area contributed by atoms with Crippen molar-refractivity contribution < 1.29 is 4.39 Å². The Hall–Kier alpha value is -0.640. The minimum atomic E-state index is -0.182. The molecule has 1 atom stereocenters. The average molecular weight is 257 g/mol. The van der Waals surface area contributed by atoms with Crippen LogP contribution in [0.2, 0.25) is 5.02 Å². The van der Waals surface area contributed by atoms with Crippen LogP contribution in [0, 0.1) is 18.7 Å². The fourth-order valence-corrected chi connectivity index (χ4v) is 2.58. The molecule has 1 unspecified atom stereocenters. The number of rotatable bonds is 3. The number of halogens is 2. The highest BCUT2D eigenvalue weighted by Crippen LogP contribution is 2.24. The number of aryl methyl sites for hydroxylation is 1. The van der Waals surface area contributed by atoms with Gasteiger partial charge in [-0.15, -0.1) is 0 Å². The summed E-state index contributed by atoms with van der Waals surface area (Å²) in [5.74, 6) is 0.392. The van der Waals surface area contributed by atoms with E-state index in [0.717, 1.165) is 31.6 Å². The largest absolute Gasteiger partial charge is 0.330 e. The number of nitrogens with two attached hydrogens (primary N) is 1. The molecule has 0 saturated carbocycles. The molecule has 2 nitrogen and oxygen atoms in total. The maximum Gasteiger partial charge on any atom is 0.126 e. The molecule has 0 bridgehead atoms. The molecule has 4 heteroatoms. The van der Waals surface area contributed by atoms with E-state index in [-0.39, 0.29) is 5.82 Å². The topological polar surface area (TPSA) is 29.3 Å². The van der Waals surface area contributed by atoms with Gasteiger partial charge in [-0.2, -0.15) is 0 Å². The van der Waals surface area contributed by atoms with E-state index in [2.05, 4.69) is 4.90 Å². The van der Waals surface area contributed by atoms with E-state index in [9.17, 15) is 4.39 Å². The molecule has 1 saturated heterocycles. The van der Waals surface area contributed by atoms with Gasteiger partial charge in [-0.05, 0) is 55.6 Å². The first-order valence-corrected chi connectivity index (χ1v) is 6.35. The summed E-state index contributed by atoms with van der Waals surface area (Å²) in [7, 11) is 0. The summed E-state index contributed by atoms with van der Waals surface area (Å²) >= 11 is 6.13. The van der Waals surface area contributed by atoms with Gasteiger partial charge in [0.2, 0.25) is 0 Å². The summed E-state index contributed by atoms with van der Waals surface area (Å²) in [6, 6.07) is 3.25. The van der Waals surface area contributed by atoms with Crippen molar-refractivity contribution in [3.8, 4) is 0 Å². The van der Waals surface area contributed by atoms with E-state index < -0.39 is 0 Å². The van der Waals surface area contributed by atoms with Crippen LogP contribution in [-0.2, 0) is 6.54 Å². The predicted molar refractivity (Wildman–Crippen MR) is 68.6 cm³/mol. The van der Waals surface area contributed by atoms with Crippen molar-refractivity contribution in [1.82, 2.24) is 4.90 Å². The minimum absolute atomic E-state index is 0.182. The molecule has 1 fully saturated rings. The van der Waals surface area contributed by atoms with Crippen LogP contribution in [0.15, 0.2) is 12.1 Å². The van der Waals surface area contributed by atoms with Crippen LogP contribution in [-0.4, -0.2) is 24.5 Å². The van der Waals surface area contributed by atoms with E-state index in [1.165, 1.54) is 0 Å². The maximum atomic E-state index is 13.5. The molecule has 0 amide bonds. The molecule has 0 spiro atoms. The zero-order chi connectivity index (χ0) is 12.4. The number of hydrogen-bond donors (Lipinski definition) is 1. The van der Waals surface area contributed by atoms with Gasteiger partial charge in [0.25, 0.3) is 0 Å². The van der Waals surface area contributed by atoms with Gasteiger partial charge in [-0.25, -0.2) is 4.39 Å². The van der Waals surface area contributed by atoms with Gasteiger partial charge < -0.3 is 5.73 Å². The van der Waals surface area contributed by atoms with Gasteiger partial charge in [-0.1, -0.05) is 11.6 Å². The fourth-order valence-electron chi connectivity index (χ4n) is 2.30. The monoisotopic (exact) mass is 256 g/mol. The number of benzene rings is 1. The fraction of sp³-hybridized carbons (Fsp3) is 0.538. The second-order valence-corrected chi connectivity index (χ2v) is 5.23. The van der Waals surface area contributed by atoms with E-state index in [1.54, 1.807) is 19.1 Å². The molecule has 17 heavy (non-hydrogen) atoms. The molecule has 1 aliphatic heterocycles. The number of nitrogens with zero attached hydrogens (tertiary/aromatic N) is 1. The van der Waals surface area contributed by atoms with Gasteiger partial charge in [0.05, 0.1) is 0 Å². The molecule has 1 aromatic carbocycles. The molecule has 1 heterocycles. The van der Waals surface area contributed by atoms with Crippen molar-refractivity contribution in [2.75, 3.05) is 19.6 Å². The molecule has 0 radical (unpaired) electrons. The van der Waals surface area contributed by atoms with Crippen molar-refractivity contribution in [3.05, 3.63) is 34.1 Å². The van der Waals surface area contributed by atoms with Gasteiger partial charge in [0, 0.05) is 18.1 Å². The maximum absolute atomic E-state index is 13.5. The second kappa shape index (κ2) is 5.34. The Morgan fingerprint density at radius 2 is 2.29 bits per heavy atom. The summed E-state index contributed by atoms with van der Waals surface area (Å²) in [5.41, 5.74) is 7.12. The highest BCUT2D eigenvalue weighted by molar-refractivity contribution is 6.31. The molecule has 2 rings (SSSR count). The first kappa shape index (κ1) is 12.8. The normalized spacial score (nSPS) is 21.1. The third-order valence-electron chi connectivity index (χ3n) is 3.42. The lowest BCUT2D eigenvalue weighted by atomic mass is 10.1. The smallest absolute Gasteiger partial charge is 0.126 e. The first-order chi connectivity index (χ1) is 8.10. The highest BCUT2D eigenvalue weighted by Gasteiger charge is 2.21. The van der Waals surface area contributed by atoms with Gasteiger partial charge >= 0.3 is 0 Å². The molecule has 1 aromatic rings. The van der Waals surface area contributed by atoms with Crippen LogP contribution < -0.4 is 5.73 Å². The Labute approximate surface area is 107 Å². The Kier molecular flexibility index (Phi) is 4.02. The highest BCUT2D eigenvalue weighted by atomic mass is 35.5. The molecule has 2 N–H and O–H groups in total. The molecule has 0 aromatic heterocycles. The lowest BCUT2D eigenvalue weighted by Gasteiger charge is -2.17. The quantitative estimate of drug-likeness (QED) is 0.901. The van der Waals surface area contributed by atoms with Crippen molar-refractivity contribution in [3.63, 3.8) is 0 Å². The number of hydrogen-bond acceptors (Lipinski definition) is 2. The van der Waals surface area contributed by atoms with Gasteiger partial charge in [-0.3, -0.25) is 4.90 Å². The minimum Gasteiger partial charge on any atom is -0.330 e. The summed E-state index contributed by atoms with van der Waals surface area (Å²) < 4.78 is 13.5. The number of likely N-dealkylation sites (tertiary alicyclic amines) is 1. The Morgan fingerprint density at radius 1 is 1.53 bits per heavy atom. The summed E-state index contributed by atoms with van der Waals surface area (Å²) in [4.78, 5) is 2.29. The third-order valence-corrected chi connectivity index (χ3v) is 3.78. The molecule has 94 valence electrons. The molecule has 1 aliphatic rings. The average Bonchev–Trinajstić information content (AvgIpc) is 2.73. The van der Waals surface area contributed by atoms with Crippen LogP contribution in [0.1, 0.15) is 17.5 Å². The van der Waals surface area contributed by atoms with Crippen molar-refractivity contribution in [2.45, 2.75) is 19.9 Å². The third kappa shape index (κ3) is 2.97. The predicted octanol–water partition coefficient (Wildman–Crippen LogP) is 2.57. The van der Waals surface area contributed by atoms with Crippen LogP contribution in [0.4, 0.5) is 4.39 Å².